The first-order valence-electron chi connectivity index (χ1n) is 9.50. The summed E-state index contributed by atoms with van der Waals surface area (Å²) in [5.74, 6) is -0.153. The highest BCUT2D eigenvalue weighted by Gasteiger charge is 2.31. The molecule has 0 saturated carbocycles. The van der Waals surface area contributed by atoms with Crippen LogP contribution in [0.1, 0.15) is 25.3 Å². The number of piperazine rings is 1. The average molecular weight is 375 g/mol. The highest BCUT2D eigenvalue weighted by Crippen LogP contribution is 2.21. The normalized spacial score (nSPS) is 18.5. The maximum Gasteiger partial charge on any atom is 0.226 e. The van der Waals surface area contributed by atoms with Gasteiger partial charge in [0.05, 0.1) is 6.42 Å². The van der Waals surface area contributed by atoms with E-state index in [1.807, 2.05) is 4.90 Å². The van der Waals surface area contributed by atoms with E-state index in [1.165, 1.54) is 12.1 Å². The summed E-state index contributed by atoms with van der Waals surface area (Å²) < 4.78 is 13.0. The summed E-state index contributed by atoms with van der Waals surface area (Å²) in [5.41, 5.74) is 0.794. The Balaban J connectivity index is 1.45. The van der Waals surface area contributed by atoms with Gasteiger partial charge in [0.25, 0.3) is 0 Å². The minimum absolute atomic E-state index is 0.0163. The lowest BCUT2D eigenvalue weighted by molar-refractivity contribution is -0.144. The predicted octanol–water partition coefficient (Wildman–Crippen LogP) is 1.30. The molecule has 0 aliphatic carbocycles. The van der Waals surface area contributed by atoms with Crippen molar-refractivity contribution in [1.29, 1.82) is 0 Å². The van der Waals surface area contributed by atoms with Crippen LogP contribution in [0.3, 0.4) is 0 Å². The molecule has 3 amide bonds. The molecule has 2 heterocycles. The minimum atomic E-state index is -0.310. The van der Waals surface area contributed by atoms with Crippen LogP contribution in [0.5, 0.6) is 0 Å². The lowest BCUT2D eigenvalue weighted by Gasteiger charge is -2.38. The van der Waals surface area contributed by atoms with Gasteiger partial charge in [-0.2, -0.15) is 0 Å². The fourth-order valence-electron chi connectivity index (χ4n) is 3.76. The van der Waals surface area contributed by atoms with Crippen molar-refractivity contribution in [2.75, 3.05) is 39.3 Å². The van der Waals surface area contributed by atoms with E-state index in [1.54, 1.807) is 28.9 Å². The van der Waals surface area contributed by atoms with Crippen LogP contribution < -0.4 is 0 Å². The zero-order chi connectivity index (χ0) is 19.4. The number of carbonyl (C=O) groups is 3. The molecule has 146 valence electrons. The monoisotopic (exact) mass is 375 g/mol. The summed E-state index contributed by atoms with van der Waals surface area (Å²) in [7, 11) is 0. The van der Waals surface area contributed by atoms with E-state index in [-0.39, 0.29) is 35.9 Å². The summed E-state index contributed by atoms with van der Waals surface area (Å²) in [6, 6.07) is 5.98. The standard InChI is InChI=1S/C20H26FN3O3/c1-15(25)22-10-12-24(13-11-22)20(27)17-6-8-23(9-7-17)19(26)14-16-2-4-18(21)5-3-16/h2-5,17H,6-14H2,1H3. The topological polar surface area (TPSA) is 60.9 Å². The molecular weight excluding hydrogens is 349 g/mol. The molecule has 0 N–H and O–H groups in total. The zero-order valence-electron chi connectivity index (χ0n) is 15.7. The number of rotatable bonds is 3. The van der Waals surface area contributed by atoms with Crippen LogP contribution in [0.15, 0.2) is 24.3 Å². The third kappa shape index (κ3) is 4.84. The number of amides is 3. The van der Waals surface area contributed by atoms with E-state index in [0.717, 1.165) is 5.56 Å². The number of benzene rings is 1. The predicted molar refractivity (Wildman–Crippen MR) is 98.2 cm³/mol. The Kier molecular flexibility index (Phi) is 6.08. The lowest BCUT2D eigenvalue weighted by atomic mass is 9.94. The van der Waals surface area contributed by atoms with E-state index < -0.39 is 0 Å². The molecule has 0 atom stereocenters. The molecule has 6 nitrogen and oxygen atoms in total. The Morgan fingerprint density at radius 2 is 1.44 bits per heavy atom. The smallest absolute Gasteiger partial charge is 0.226 e. The first-order chi connectivity index (χ1) is 12.9. The number of nitrogens with zero attached hydrogens (tertiary/aromatic N) is 3. The first kappa shape index (κ1) is 19.3. The molecule has 0 radical (unpaired) electrons. The quantitative estimate of drug-likeness (QED) is 0.800. The summed E-state index contributed by atoms with van der Waals surface area (Å²) in [6.07, 6.45) is 1.59. The number of hydrogen-bond donors (Lipinski definition) is 0. The fraction of sp³-hybridized carbons (Fsp3) is 0.550. The van der Waals surface area contributed by atoms with Crippen LogP contribution in [-0.4, -0.2) is 71.7 Å². The molecule has 2 aliphatic rings. The van der Waals surface area contributed by atoms with Crippen LogP contribution in [-0.2, 0) is 20.8 Å². The van der Waals surface area contributed by atoms with E-state index >= 15 is 0 Å². The van der Waals surface area contributed by atoms with Crippen molar-refractivity contribution >= 4 is 17.7 Å². The molecule has 0 aromatic heterocycles. The van der Waals surface area contributed by atoms with Gasteiger partial charge >= 0.3 is 0 Å². The van der Waals surface area contributed by atoms with Gasteiger partial charge in [-0.25, -0.2) is 4.39 Å². The molecule has 7 heteroatoms. The van der Waals surface area contributed by atoms with Gasteiger partial charge in [0, 0.05) is 52.1 Å². The van der Waals surface area contributed by atoms with Crippen molar-refractivity contribution in [2.24, 2.45) is 5.92 Å². The second-order valence-electron chi connectivity index (χ2n) is 7.29. The molecule has 2 aliphatic heterocycles. The Bertz CT molecular complexity index is 691. The van der Waals surface area contributed by atoms with Crippen molar-refractivity contribution < 1.29 is 18.8 Å². The first-order valence-corrected chi connectivity index (χ1v) is 9.50. The van der Waals surface area contributed by atoms with Crippen molar-refractivity contribution in [3.8, 4) is 0 Å². The van der Waals surface area contributed by atoms with Gasteiger partial charge < -0.3 is 14.7 Å². The van der Waals surface area contributed by atoms with E-state index in [0.29, 0.717) is 52.1 Å². The Labute approximate surface area is 158 Å². The average Bonchev–Trinajstić information content (AvgIpc) is 2.69. The second kappa shape index (κ2) is 8.50. The van der Waals surface area contributed by atoms with E-state index in [4.69, 9.17) is 0 Å². The van der Waals surface area contributed by atoms with Gasteiger partial charge in [0.2, 0.25) is 17.7 Å². The molecule has 1 aromatic rings. The SMILES string of the molecule is CC(=O)N1CCN(C(=O)C2CCN(C(=O)Cc3ccc(F)cc3)CC2)CC1. The van der Waals surface area contributed by atoms with Gasteiger partial charge in [-0.05, 0) is 30.5 Å². The largest absolute Gasteiger partial charge is 0.342 e. The number of likely N-dealkylation sites (tertiary alicyclic amines) is 1. The lowest BCUT2D eigenvalue weighted by Crippen LogP contribution is -2.52. The maximum atomic E-state index is 13.0. The van der Waals surface area contributed by atoms with Crippen molar-refractivity contribution in [3.05, 3.63) is 35.6 Å². The van der Waals surface area contributed by atoms with Gasteiger partial charge in [-0.15, -0.1) is 0 Å². The summed E-state index contributed by atoms with van der Waals surface area (Å²) in [6.45, 7) is 5.06. The summed E-state index contributed by atoms with van der Waals surface area (Å²) in [5, 5.41) is 0. The second-order valence-corrected chi connectivity index (χ2v) is 7.29. The summed E-state index contributed by atoms with van der Waals surface area (Å²) in [4.78, 5) is 41.9. The third-order valence-electron chi connectivity index (χ3n) is 5.50. The van der Waals surface area contributed by atoms with Crippen LogP contribution in [0.4, 0.5) is 4.39 Å². The van der Waals surface area contributed by atoms with Gasteiger partial charge in [-0.1, -0.05) is 12.1 Å². The Hall–Kier alpha value is -2.44. The molecule has 0 bridgehead atoms. The van der Waals surface area contributed by atoms with Crippen LogP contribution >= 0.6 is 0 Å². The van der Waals surface area contributed by atoms with Gasteiger partial charge in [0.15, 0.2) is 0 Å². The molecule has 0 spiro atoms. The van der Waals surface area contributed by atoms with Crippen molar-refractivity contribution in [1.82, 2.24) is 14.7 Å². The number of halogens is 1. The van der Waals surface area contributed by atoms with Gasteiger partial charge in [0.1, 0.15) is 5.82 Å². The summed E-state index contributed by atoms with van der Waals surface area (Å²) >= 11 is 0. The van der Waals surface area contributed by atoms with E-state index in [2.05, 4.69) is 0 Å². The molecule has 3 rings (SSSR count). The third-order valence-corrected chi connectivity index (χ3v) is 5.50. The number of carbonyl (C=O) groups excluding carboxylic acids is 3. The zero-order valence-corrected chi connectivity index (χ0v) is 15.7. The molecule has 1 aromatic carbocycles. The highest BCUT2D eigenvalue weighted by atomic mass is 19.1. The van der Waals surface area contributed by atoms with Gasteiger partial charge in [-0.3, -0.25) is 14.4 Å². The van der Waals surface area contributed by atoms with Crippen LogP contribution in [0.25, 0.3) is 0 Å². The molecule has 27 heavy (non-hydrogen) atoms. The Morgan fingerprint density at radius 3 is 2.00 bits per heavy atom. The van der Waals surface area contributed by atoms with E-state index in [9.17, 15) is 18.8 Å². The minimum Gasteiger partial charge on any atom is -0.342 e. The molecular formula is C20H26FN3O3. The number of hydrogen-bond acceptors (Lipinski definition) is 3. The molecule has 0 unspecified atom stereocenters. The maximum absolute atomic E-state index is 13.0. The number of piperidine rings is 1. The van der Waals surface area contributed by atoms with Crippen molar-refractivity contribution in [3.63, 3.8) is 0 Å². The molecule has 2 saturated heterocycles. The van der Waals surface area contributed by atoms with Crippen molar-refractivity contribution in [2.45, 2.75) is 26.2 Å². The Morgan fingerprint density at radius 1 is 0.889 bits per heavy atom. The van der Waals surface area contributed by atoms with Crippen LogP contribution in [0, 0.1) is 11.7 Å². The van der Waals surface area contributed by atoms with Crippen LogP contribution in [0.2, 0.25) is 0 Å². The molecule has 2 fully saturated rings. The fourth-order valence-corrected chi connectivity index (χ4v) is 3.76. The highest BCUT2D eigenvalue weighted by molar-refractivity contribution is 5.81.